The first kappa shape index (κ1) is 16.0. The van der Waals surface area contributed by atoms with Crippen LogP contribution in [0.15, 0.2) is 30.3 Å². The van der Waals surface area contributed by atoms with Gasteiger partial charge in [-0.05, 0) is 52.2 Å². The Balaban J connectivity index is 1.78. The molecule has 1 aromatic rings. The highest BCUT2D eigenvalue weighted by atomic mass is 16.2. The van der Waals surface area contributed by atoms with Gasteiger partial charge in [-0.15, -0.1) is 0 Å². The van der Waals surface area contributed by atoms with Gasteiger partial charge < -0.3 is 14.7 Å². The Bertz CT molecular complexity index is 441. The van der Waals surface area contributed by atoms with Crippen LogP contribution >= 0.6 is 0 Å². The number of hydrogen-bond acceptors (Lipinski definition) is 3. The van der Waals surface area contributed by atoms with Crippen molar-refractivity contribution < 1.29 is 4.79 Å². The molecule has 0 atom stereocenters. The second-order valence-electron chi connectivity index (χ2n) is 6.11. The highest BCUT2D eigenvalue weighted by Gasteiger charge is 2.21. The van der Waals surface area contributed by atoms with Crippen LogP contribution in [-0.4, -0.2) is 74.0 Å². The Labute approximate surface area is 128 Å². The Morgan fingerprint density at radius 1 is 1.14 bits per heavy atom. The molecule has 116 valence electrons. The first-order valence-electron chi connectivity index (χ1n) is 7.77. The van der Waals surface area contributed by atoms with Gasteiger partial charge in [0, 0.05) is 31.7 Å². The number of carbonyl (C=O) groups is 1. The second-order valence-corrected chi connectivity index (χ2v) is 6.11. The third kappa shape index (κ3) is 4.55. The van der Waals surface area contributed by atoms with Crippen molar-refractivity contribution in [3.8, 4) is 0 Å². The number of piperidine rings is 1. The molecule has 1 fully saturated rings. The molecule has 4 heteroatoms. The molecule has 0 spiro atoms. The van der Waals surface area contributed by atoms with Crippen LogP contribution in [0.1, 0.15) is 23.2 Å². The number of nitrogens with zero attached hydrogens (tertiary/aromatic N) is 3. The lowest BCUT2D eigenvalue weighted by Gasteiger charge is -2.35. The molecule has 0 saturated carbocycles. The molecule has 0 N–H and O–H groups in total. The van der Waals surface area contributed by atoms with Crippen LogP contribution in [0.3, 0.4) is 0 Å². The molecule has 1 heterocycles. The molecule has 1 aliphatic rings. The Hall–Kier alpha value is -1.39. The van der Waals surface area contributed by atoms with Crippen LogP contribution in [0, 0.1) is 0 Å². The Morgan fingerprint density at radius 3 is 2.38 bits per heavy atom. The quantitative estimate of drug-likeness (QED) is 0.827. The molecule has 0 aromatic heterocycles. The summed E-state index contributed by atoms with van der Waals surface area (Å²) in [5, 5.41) is 0. The monoisotopic (exact) mass is 289 g/mol. The van der Waals surface area contributed by atoms with E-state index in [-0.39, 0.29) is 5.91 Å². The number of carbonyl (C=O) groups excluding carboxylic acids is 1. The average Bonchev–Trinajstić information content (AvgIpc) is 2.53. The van der Waals surface area contributed by atoms with Gasteiger partial charge >= 0.3 is 0 Å². The SMILES string of the molecule is CN1CCC(N(C)CCN(C)C(=O)c2ccccc2)CC1. The topological polar surface area (TPSA) is 26.8 Å². The maximum absolute atomic E-state index is 12.3. The van der Waals surface area contributed by atoms with E-state index in [0.717, 1.165) is 18.7 Å². The van der Waals surface area contributed by atoms with Crippen molar-refractivity contribution in [2.75, 3.05) is 47.3 Å². The molecule has 21 heavy (non-hydrogen) atoms. The molecule has 0 bridgehead atoms. The molecular formula is C17H27N3O. The standard InChI is InChI=1S/C17H27N3O/c1-18-11-9-16(10-12-18)19(2)13-14-20(3)17(21)15-7-5-4-6-8-15/h4-8,16H,9-14H2,1-3H3. The fourth-order valence-corrected chi connectivity index (χ4v) is 2.83. The minimum Gasteiger partial charge on any atom is -0.340 e. The van der Waals surface area contributed by atoms with Crippen molar-refractivity contribution in [3.63, 3.8) is 0 Å². The summed E-state index contributed by atoms with van der Waals surface area (Å²) in [5.41, 5.74) is 0.766. The van der Waals surface area contributed by atoms with Crippen molar-refractivity contribution in [3.05, 3.63) is 35.9 Å². The van der Waals surface area contributed by atoms with E-state index >= 15 is 0 Å². The van der Waals surface area contributed by atoms with Gasteiger partial charge in [0.1, 0.15) is 0 Å². The zero-order chi connectivity index (χ0) is 15.2. The van der Waals surface area contributed by atoms with E-state index in [4.69, 9.17) is 0 Å². The fraction of sp³-hybridized carbons (Fsp3) is 0.588. The molecule has 1 aliphatic heterocycles. The molecule has 0 unspecified atom stereocenters. The molecular weight excluding hydrogens is 262 g/mol. The minimum absolute atomic E-state index is 0.104. The summed E-state index contributed by atoms with van der Waals surface area (Å²) in [4.78, 5) is 18.9. The third-order valence-electron chi connectivity index (χ3n) is 4.47. The predicted octanol–water partition coefficient (Wildman–Crippen LogP) is 1.78. The largest absolute Gasteiger partial charge is 0.340 e. The van der Waals surface area contributed by atoms with E-state index in [0.29, 0.717) is 6.04 Å². The van der Waals surface area contributed by atoms with Gasteiger partial charge in [-0.3, -0.25) is 4.79 Å². The van der Waals surface area contributed by atoms with Gasteiger partial charge in [-0.2, -0.15) is 0 Å². The molecule has 2 rings (SSSR count). The molecule has 1 saturated heterocycles. The van der Waals surface area contributed by atoms with Gasteiger partial charge in [0.05, 0.1) is 0 Å². The van der Waals surface area contributed by atoms with Gasteiger partial charge in [-0.25, -0.2) is 0 Å². The van der Waals surface area contributed by atoms with Crippen LogP contribution < -0.4 is 0 Å². The van der Waals surface area contributed by atoms with Crippen LogP contribution in [0.25, 0.3) is 0 Å². The predicted molar refractivity (Wildman–Crippen MR) is 86.6 cm³/mol. The second kappa shape index (κ2) is 7.57. The van der Waals surface area contributed by atoms with E-state index in [2.05, 4.69) is 23.9 Å². The lowest BCUT2D eigenvalue weighted by atomic mass is 10.0. The summed E-state index contributed by atoms with van der Waals surface area (Å²) >= 11 is 0. The number of benzene rings is 1. The number of likely N-dealkylation sites (N-methyl/N-ethyl adjacent to an activating group) is 2. The van der Waals surface area contributed by atoms with E-state index < -0.39 is 0 Å². The normalized spacial score (nSPS) is 17.1. The molecule has 1 amide bonds. The lowest BCUT2D eigenvalue weighted by molar-refractivity contribution is 0.0758. The summed E-state index contributed by atoms with van der Waals surface area (Å²) in [5.74, 6) is 0.104. The fourth-order valence-electron chi connectivity index (χ4n) is 2.83. The van der Waals surface area contributed by atoms with E-state index in [1.165, 1.54) is 25.9 Å². The van der Waals surface area contributed by atoms with Crippen LogP contribution in [0.5, 0.6) is 0 Å². The molecule has 0 aliphatic carbocycles. The van der Waals surface area contributed by atoms with Crippen molar-refractivity contribution in [1.82, 2.24) is 14.7 Å². The van der Waals surface area contributed by atoms with Gasteiger partial charge in [0.25, 0.3) is 5.91 Å². The van der Waals surface area contributed by atoms with Gasteiger partial charge in [0.15, 0.2) is 0 Å². The summed E-state index contributed by atoms with van der Waals surface area (Å²) in [6, 6.07) is 10.2. The molecule has 4 nitrogen and oxygen atoms in total. The molecule has 1 aromatic carbocycles. The first-order chi connectivity index (χ1) is 10.1. The summed E-state index contributed by atoms with van der Waals surface area (Å²) in [6.45, 7) is 4.06. The number of rotatable bonds is 5. The Kier molecular flexibility index (Phi) is 5.76. The third-order valence-corrected chi connectivity index (χ3v) is 4.47. The van der Waals surface area contributed by atoms with Crippen molar-refractivity contribution in [2.24, 2.45) is 0 Å². The maximum atomic E-state index is 12.3. The summed E-state index contributed by atoms with van der Waals surface area (Å²) < 4.78 is 0. The zero-order valence-corrected chi connectivity index (χ0v) is 13.5. The highest BCUT2D eigenvalue weighted by molar-refractivity contribution is 5.93. The summed E-state index contributed by atoms with van der Waals surface area (Å²) in [6.07, 6.45) is 2.45. The lowest BCUT2D eigenvalue weighted by Crippen LogP contribution is -2.44. The minimum atomic E-state index is 0.104. The van der Waals surface area contributed by atoms with Crippen molar-refractivity contribution in [1.29, 1.82) is 0 Å². The smallest absolute Gasteiger partial charge is 0.253 e. The van der Waals surface area contributed by atoms with Crippen molar-refractivity contribution in [2.45, 2.75) is 18.9 Å². The first-order valence-corrected chi connectivity index (χ1v) is 7.77. The van der Waals surface area contributed by atoms with E-state index in [1.807, 2.05) is 42.3 Å². The molecule has 0 radical (unpaired) electrons. The Morgan fingerprint density at radius 2 is 1.76 bits per heavy atom. The van der Waals surface area contributed by atoms with Crippen LogP contribution in [0.2, 0.25) is 0 Å². The number of amides is 1. The van der Waals surface area contributed by atoms with Crippen molar-refractivity contribution >= 4 is 5.91 Å². The van der Waals surface area contributed by atoms with Crippen LogP contribution in [-0.2, 0) is 0 Å². The van der Waals surface area contributed by atoms with Gasteiger partial charge in [0.2, 0.25) is 0 Å². The number of hydrogen-bond donors (Lipinski definition) is 0. The summed E-state index contributed by atoms with van der Waals surface area (Å²) in [7, 11) is 6.25. The van der Waals surface area contributed by atoms with Gasteiger partial charge in [-0.1, -0.05) is 18.2 Å². The van der Waals surface area contributed by atoms with E-state index in [1.54, 1.807) is 0 Å². The zero-order valence-electron chi connectivity index (χ0n) is 13.5. The van der Waals surface area contributed by atoms with Crippen LogP contribution in [0.4, 0.5) is 0 Å². The van der Waals surface area contributed by atoms with E-state index in [9.17, 15) is 4.79 Å². The maximum Gasteiger partial charge on any atom is 0.253 e. The number of likely N-dealkylation sites (tertiary alicyclic amines) is 1. The average molecular weight is 289 g/mol. The highest BCUT2D eigenvalue weighted by Crippen LogP contribution is 2.14.